The summed E-state index contributed by atoms with van der Waals surface area (Å²) < 4.78 is 0. The van der Waals surface area contributed by atoms with Crippen LogP contribution in [0.2, 0.25) is 0 Å². The van der Waals surface area contributed by atoms with Crippen molar-refractivity contribution < 1.29 is 0 Å². The molecule has 1 heterocycles. The van der Waals surface area contributed by atoms with Crippen molar-refractivity contribution in [3.05, 3.63) is 59.4 Å². The van der Waals surface area contributed by atoms with Gasteiger partial charge in [-0.3, -0.25) is 4.98 Å². The van der Waals surface area contributed by atoms with Gasteiger partial charge in [0.25, 0.3) is 0 Å². The predicted octanol–water partition coefficient (Wildman–Crippen LogP) is 3.92. The summed E-state index contributed by atoms with van der Waals surface area (Å²) in [4.78, 5) is 6.18. The Labute approximate surface area is 132 Å². The molecule has 1 aromatic heterocycles. The van der Waals surface area contributed by atoms with E-state index in [0.29, 0.717) is 0 Å². The fraction of sp³-hybridized carbons (Fsp3) is 0.294. The molecule has 2 aromatic rings. The molecule has 0 saturated heterocycles. The van der Waals surface area contributed by atoms with Crippen molar-refractivity contribution in [2.45, 2.75) is 27.3 Å². The van der Waals surface area contributed by atoms with Crippen LogP contribution in [-0.4, -0.2) is 21.5 Å². The Bertz CT molecular complexity index is 611. The Kier molecular flexibility index (Phi) is 5.28. The number of hydrogen-bond donors (Lipinski definition) is 1. The predicted molar refractivity (Wildman–Crippen MR) is 92.5 cm³/mol. The van der Waals surface area contributed by atoms with Crippen molar-refractivity contribution in [1.82, 2.24) is 9.88 Å². The Balaban J connectivity index is 2.04. The zero-order valence-electron chi connectivity index (χ0n) is 12.8. The van der Waals surface area contributed by atoms with Crippen LogP contribution in [-0.2, 0) is 6.54 Å². The fourth-order valence-electron chi connectivity index (χ4n) is 2.06. The number of aromatic nitrogens is 1. The molecule has 21 heavy (non-hydrogen) atoms. The number of hydrogen-bond acceptors (Lipinski definition) is 2. The van der Waals surface area contributed by atoms with Crippen molar-refractivity contribution in [1.29, 1.82) is 0 Å². The van der Waals surface area contributed by atoms with Gasteiger partial charge in [0, 0.05) is 31.2 Å². The van der Waals surface area contributed by atoms with Crippen LogP contribution in [0, 0.1) is 13.8 Å². The molecule has 0 aliphatic rings. The van der Waals surface area contributed by atoms with Crippen molar-refractivity contribution >= 4 is 23.0 Å². The first-order valence-corrected chi connectivity index (χ1v) is 7.53. The minimum atomic E-state index is 0.748. The Morgan fingerprint density at radius 3 is 2.48 bits per heavy atom. The lowest BCUT2D eigenvalue weighted by atomic mass is 10.1. The number of anilines is 1. The molecule has 0 aliphatic heterocycles. The molecule has 4 heteroatoms. The van der Waals surface area contributed by atoms with Crippen LogP contribution in [0.25, 0.3) is 0 Å². The smallest absolute Gasteiger partial charge is 0.173 e. The van der Waals surface area contributed by atoms with Crippen LogP contribution in [0.5, 0.6) is 0 Å². The number of nitrogens with one attached hydrogen (secondary N) is 1. The molecule has 1 N–H and O–H groups in total. The summed E-state index contributed by atoms with van der Waals surface area (Å²) in [5.74, 6) is 0. The van der Waals surface area contributed by atoms with Gasteiger partial charge in [-0.1, -0.05) is 6.07 Å². The van der Waals surface area contributed by atoms with E-state index in [1.54, 1.807) is 0 Å². The third-order valence-electron chi connectivity index (χ3n) is 3.55. The first kappa shape index (κ1) is 15.4. The van der Waals surface area contributed by atoms with Crippen LogP contribution in [0.3, 0.4) is 0 Å². The summed E-state index contributed by atoms with van der Waals surface area (Å²) in [6, 6.07) is 10.3. The maximum atomic E-state index is 5.53. The van der Waals surface area contributed by atoms with E-state index in [4.69, 9.17) is 12.2 Å². The van der Waals surface area contributed by atoms with Gasteiger partial charge in [-0.15, -0.1) is 0 Å². The van der Waals surface area contributed by atoms with Crippen LogP contribution in [0.4, 0.5) is 5.69 Å². The number of benzene rings is 1. The summed E-state index contributed by atoms with van der Waals surface area (Å²) in [5.41, 5.74) is 4.79. The molecule has 0 amide bonds. The van der Waals surface area contributed by atoms with Crippen LogP contribution < -0.4 is 5.32 Å². The Hall–Kier alpha value is -1.94. The molecule has 1 aromatic carbocycles. The molecule has 0 unspecified atom stereocenters. The maximum Gasteiger partial charge on any atom is 0.173 e. The molecule has 0 atom stereocenters. The normalized spacial score (nSPS) is 10.2. The first-order valence-electron chi connectivity index (χ1n) is 7.12. The first-order chi connectivity index (χ1) is 10.1. The minimum Gasteiger partial charge on any atom is -0.345 e. The highest BCUT2D eigenvalue weighted by molar-refractivity contribution is 7.80. The van der Waals surface area contributed by atoms with E-state index >= 15 is 0 Å². The van der Waals surface area contributed by atoms with Gasteiger partial charge in [0.2, 0.25) is 0 Å². The highest BCUT2D eigenvalue weighted by atomic mass is 32.1. The molecule has 110 valence electrons. The third-order valence-corrected chi connectivity index (χ3v) is 3.91. The molecule has 0 aliphatic carbocycles. The average molecular weight is 299 g/mol. The maximum absolute atomic E-state index is 5.53. The van der Waals surface area contributed by atoms with E-state index in [1.165, 1.54) is 16.7 Å². The van der Waals surface area contributed by atoms with Gasteiger partial charge in [-0.2, -0.15) is 0 Å². The number of thiocarbonyl (C=S) groups is 1. The lowest BCUT2D eigenvalue weighted by Crippen LogP contribution is -2.34. The van der Waals surface area contributed by atoms with Gasteiger partial charge in [-0.05, 0) is 73.9 Å². The lowest BCUT2D eigenvalue weighted by Gasteiger charge is -2.24. The quantitative estimate of drug-likeness (QED) is 0.866. The molecule has 0 fully saturated rings. The monoisotopic (exact) mass is 299 g/mol. The number of nitrogens with zero attached hydrogens (tertiary/aromatic N) is 2. The second-order valence-corrected chi connectivity index (χ2v) is 5.49. The zero-order chi connectivity index (χ0) is 15.2. The largest absolute Gasteiger partial charge is 0.345 e. The van der Waals surface area contributed by atoms with Crippen molar-refractivity contribution in [2.75, 3.05) is 11.9 Å². The van der Waals surface area contributed by atoms with Crippen molar-refractivity contribution in [2.24, 2.45) is 0 Å². The molecular formula is C17H21N3S. The van der Waals surface area contributed by atoms with Gasteiger partial charge < -0.3 is 10.2 Å². The van der Waals surface area contributed by atoms with Gasteiger partial charge >= 0.3 is 0 Å². The molecule has 0 saturated carbocycles. The molecular weight excluding hydrogens is 278 g/mol. The number of aryl methyl sites for hydroxylation is 2. The Morgan fingerprint density at radius 1 is 1.14 bits per heavy atom. The zero-order valence-corrected chi connectivity index (χ0v) is 13.6. The van der Waals surface area contributed by atoms with E-state index in [9.17, 15) is 0 Å². The van der Waals surface area contributed by atoms with E-state index < -0.39 is 0 Å². The Morgan fingerprint density at radius 2 is 1.86 bits per heavy atom. The summed E-state index contributed by atoms with van der Waals surface area (Å²) in [6.45, 7) is 7.97. The standard InChI is InChI=1S/C17H21N3S/c1-4-20(12-15-7-9-18-10-8-15)17(21)19-16-6-5-13(2)14(3)11-16/h5-11H,4,12H2,1-3H3,(H,19,21). The second kappa shape index (κ2) is 7.18. The lowest BCUT2D eigenvalue weighted by molar-refractivity contribution is 0.442. The molecule has 3 nitrogen and oxygen atoms in total. The summed E-state index contributed by atoms with van der Waals surface area (Å²) >= 11 is 5.53. The molecule has 2 rings (SSSR count). The van der Waals surface area contributed by atoms with E-state index in [0.717, 1.165) is 23.9 Å². The molecule has 0 spiro atoms. The average Bonchev–Trinajstić information content (AvgIpc) is 2.49. The minimum absolute atomic E-state index is 0.748. The summed E-state index contributed by atoms with van der Waals surface area (Å²) in [6.07, 6.45) is 3.62. The van der Waals surface area contributed by atoms with Gasteiger partial charge in [0.05, 0.1) is 0 Å². The van der Waals surface area contributed by atoms with Crippen LogP contribution >= 0.6 is 12.2 Å². The third kappa shape index (κ3) is 4.26. The van der Waals surface area contributed by atoms with Crippen molar-refractivity contribution in [3.8, 4) is 0 Å². The summed E-state index contributed by atoms with van der Waals surface area (Å²) in [7, 11) is 0. The van der Waals surface area contributed by atoms with E-state index in [-0.39, 0.29) is 0 Å². The van der Waals surface area contributed by atoms with E-state index in [1.807, 2.05) is 24.5 Å². The summed E-state index contributed by atoms with van der Waals surface area (Å²) in [5, 5.41) is 4.07. The fourth-order valence-corrected chi connectivity index (χ4v) is 2.37. The van der Waals surface area contributed by atoms with Crippen LogP contribution in [0.15, 0.2) is 42.7 Å². The van der Waals surface area contributed by atoms with Crippen LogP contribution in [0.1, 0.15) is 23.6 Å². The SMILES string of the molecule is CCN(Cc1ccncc1)C(=S)Nc1ccc(C)c(C)c1. The topological polar surface area (TPSA) is 28.2 Å². The van der Waals surface area contributed by atoms with Crippen molar-refractivity contribution in [3.63, 3.8) is 0 Å². The molecule has 0 bridgehead atoms. The second-order valence-electron chi connectivity index (χ2n) is 5.10. The number of pyridine rings is 1. The molecule has 0 radical (unpaired) electrons. The highest BCUT2D eigenvalue weighted by Crippen LogP contribution is 2.15. The van der Waals surface area contributed by atoms with Gasteiger partial charge in [-0.25, -0.2) is 0 Å². The van der Waals surface area contributed by atoms with E-state index in [2.05, 4.69) is 54.2 Å². The van der Waals surface area contributed by atoms with Gasteiger partial charge in [0.15, 0.2) is 5.11 Å². The van der Waals surface area contributed by atoms with Gasteiger partial charge in [0.1, 0.15) is 0 Å². The highest BCUT2D eigenvalue weighted by Gasteiger charge is 2.09. The number of rotatable bonds is 4.